The third kappa shape index (κ3) is 2.34. The predicted molar refractivity (Wildman–Crippen MR) is 53.6 cm³/mol. The second-order valence-electron chi connectivity index (χ2n) is 4.18. The van der Waals surface area contributed by atoms with E-state index in [1.165, 1.54) is 6.07 Å². The smallest absolute Gasteiger partial charge is 0.126 e. The van der Waals surface area contributed by atoms with Gasteiger partial charge >= 0.3 is 0 Å². The Hall–Kier alpha value is -0.960. The van der Waals surface area contributed by atoms with Crippen molar-refractivity contribution < 1.29 is 13.9 Å². The first kappa shape index (κ1) is 10.6. The second kappa shape index (κ2) is 4.27. The van der Waals surface area contributed by atoms with E-state index in [4.69, 9.17) is 0 Å². The lowest BCUT2D eigenvalue weighted by Gasteiger charge is -2.26. The fourth-order valence-electron chi connectivity index (χ4n) is 2.27. The summed E-state index contributed by atoms with van der Waals surface area (Å²) in [6, 6.07) is 3.53. The van der Waals surface area contributed by atoms with Gasteiger partial charge in [-0.15, -0.1) is 0 Å². The highest BCUT2D eigenvalue weighted by Gasteiger charge is 2.24. The summed E-state index contributed by atoms with van der Waals surface area (Å²) in [5, 5.41) is 9.48. The van der Waals surface area contributed by atoms with Gasteiger partial charge in [-0.2, -0.15) is 0 Å². The number of hydrogen-bond acceptors (Lipinski definition) is 1. The molecule has 15 heavy (non-hydrogen) atoms. The van der Waals surface area contributed by atoms with Crippen LogP contribution in [0.2, 0.25) is 0 Å². The highest BCUT2D eigenvalue weighted by Crippen LogP contribution is 2.34. The first-order valence-corrected chi connectivity index (χ1v) is 5.30. The average molecular weight is 212 g/mol. The van der Waals surface area contributed by atoms with Gasteiger partial charge in [0.15, 0.2) is 0 Å². The van der Waals surface area contributed by atoms with Crippen LogP contribution in [0.3, 0.4) is 0 Å². The Morgan fingerprint density at radius 1 is 1.20 bits per heavy atom. The van der Waals surface area contributed by atoms with Crippen LogP contribution < -0.4 is 0 Å². The van der Waals surface area contributed by atoms with Gasteiger partial charge in [0.1, 0.15) is 11.6 Å². The summed E-state index contributed by atoms with van der Waals surface area (Å²) in [6.45, 7) is 0. The monoisotopic (exact) mass is 212 g/mol. The van der Waals surface area contributed by atoms with Crippen molar-refractivity contribution in [2.45, 2.75) is 37.7 Å². The Morgan fingerprint density at radius 3 is 2.73 bits per heavy atom. The van der Waals surface area contributed by atoms with Crippen LogP contribution >= 0.6 is 0 Å². The normalized spacial score (nSPS) is 26.6. The molecule has 1 aliphatic rings. The maximum atomic E-state index is 13.4. The van der Waals surface area contributed by atoms with Crippen LogP contribution in [-0.2, 0) is 0 Å². The molecule has 1 aromatic carbocycles. The van der Waals surface area contributed by atoms with Crippen molar-refractivity contribution in [3.63, 3.8) is 0 Å². The molecule has 0 bridgehead atoms. The zero-order valence-corrected chi connectivity index (χ0v) is 8.42. The minimum Gasteiger partial charge on any atom is -0.393 e. The number of benzene rings is 1. The van der Waals surface area contributed by atoms with Gasteiger partial charge in [-0.05, 0) is 48.9 Å². The largest absolute Gasteiger partial charge is 0.393 e. The summed E-state index contributed by atoms with van der Waals surface area (Å²) < 4.78 is 26.4. The molecular weight excluding hydrogens is 198 g/mol. The van der Waals surface area contributed by atoms with Crippen LogP contribution in [0.25, 0.3) is 0 Å². The number of aliphatic hydroxyl groups is 1. The molecule has 0 amide bonds. The van der Waals surface area contributed by atoms with Gasteiger partial charge in [0, 0.05) is 0 Å². The maximum Gasteiger partial charge on any atom is 0.126 e. The zero-order chi connectivity index (χ0) is 10.8. The molecule has 1 saturated carbocycles. The Kier molecular flexibility index (Phi) is 3.00. The summed E-state index contributed by atoms with van der Waals surface area (Å²) in [5.74, 6) is -0.814. The topological polar surface area (TPSA) is 20.2 Å². The molecule has 1 aliphatic carbocycles. The summed E-state index contributed by atoms with van der Waals surface area (Å²) >= 11 is 0. The highest BCUT2D eigenvalue weighted by atomic mass is 19.1. The van der Waals surface area contributed by atoms with Crippen LogP contribution in [0, 0.1) is 11.6 Å². The summed E-state index contributed by atoms with van der Waals surface area (Å²) in [6.07, 6.45) is 2.65. The van der Waals surface area contributed by atoms with Gasteiger partial charge < -0.3 is 5.11 Å². The zero-order valence-electron chi connectivity index (χ0n) is 8.42. The lowest BCUT2D eigenvalue weighted by molar-refractivity contribution is 0.119. The van der Waals surface area contributed by atoms with Crippen LogP contribution in [0.5, 0.6) is 0 Å². The SMILES string of the molecule is OC1CCCC(c2cc(F)ccc2F)C1. The average Bonchev–Trinajstić information content (AvgIpc) is 2.22. The molecular formula is C12H14F2O. The molecule has 0 aliphatic heterocycles. The Balaban J connectivity index is 2.24. The van der Waals surface area contributed by atoms with E-state index >= 15 is 0 Å². The molecule has 0 saturated heterocycles. The van der Waals surface area contributed by atoms with E-state index in [0.29, 0.717) is 12.0 Å². The van der Waals surface area contributed by atoms with Crippen molar-refractivity contribution in [3.05, 3.63) is 35.4 Å². The molecule has 0 radical (unpaired) electrons. The van der Waals surface area contributed by atoms with Crippen molar-refractivity contribution >= 4 is 0 Å². The lowest BCUT2D eigenvalue weighted by atomic mass is 9.82. The third-order valence-electron chi connectivity index (χ3n) is 3.04. The molecule has 2 atom stereocenters. The minimum atomic E-state index is -0.411. The van der Waals surface area contributed by atoms with E-state index in [1.807, 2.05) is 0 Å². The van der Waals surface area contributed by atoms with Crippen molar-refractivity contribution in [2.75, 3.05) is 0 Å². The van der Waals surface area contributed by atoms with Gasteiger partial charge in [0.2, 0.25) is 0 Å². The van der Waals surface area contributed by atoms with Crippen LogP contribution in [-0.4, -0.2) is 11.2 Å². The van der Waals surface area contributed by atoms with E-state index in [1.54, 1.807) is 0 Å². The van der Waals surface area contributed by atoms with Crippen molar-refractivity contribution in [1.82, 2.24) is 0 Å². The van der Waals surface area contributed by atoms with Crippen LogP contribution in [0.4, 0.5) is 8.78 Å². The molecule has 1 nitrogen and oxygen atoms in total. The Morgan fingerprint density at radius 2 is 2.00 bits per heavy atom. The first-order chi connectivity index (χ1) is 7.16. The predicted octanol–water partition coefficient (Wildman–Crippen LogP) is 2.98. The van der Waals surface area contributed by atoms with E-state index < -0.39 is 5.82 Å². The molecule has 0 heterocycles. The van der Waals surface area contributed by atoms with Crippen molar-refractivity contribution in [1.29, 1.82) is 0 Å². The lowest BCUT2D eigenvalue weighted by Crippen LogP contribution is -2.19. The van der Waals surface area contributed by atoms with Crippen LogP contribution in [0.15, 0.2) is 18.2 Å². The van der Waals surface area contributed by atoms with Crippen LogP contribution in [0.1, 0.15) is 37.2 Å². The maximum absolute atomic E-state index is 13.4. The number of rotatable bonds is 1. The quantitative estimate of drug-likeness (QED) is 0.758. The third-order valence-corrected chi connectivity index (χ3v) is 3.04. The van der Waals surface area contributed by atoms with E-state index in [9.17, 15) is 13.9 Å². The van der Waals surface area contributed by atoms with E-state index in [0.717, 1.165) is 31.4 Å². The van der Waals surface area contributed by atoms with Gasteiger partial charge in [-0.25, -0.2) is 8.78 Å². The van der Waals surface area contributed by atoms with Gasteiger partial charge in [-0.3, -0.25) is 0 Å². The van der Waals surface area contributed by atoms with E-state index in [2.05, 4.69) is 0 Å². The van der Waals surface area contributed by atoms with Crippen molar-refractivity contribution in [3.8, 4) is 0 Å². The molecule has 0 spiro atoms. The number of aliphatic hydroxyl groups excluding tert-OH is 1. The first-order valence-electron chi connectivity index (χ1n) is 5.30. The number of hydrogen-bond donors (Lipinski definition) is 1. The summed E-state index contributed by atoms with van der Waals surface area (Å²) in [7, 11) is 0. The molecule has 0 aromatic heterocycles. The minimum absolute atomic E-state index is 0.0375. The van der Waals surface area contributed by atoms with Gasteiger partial charge in [-0.1, -0.05) is 6.42 Å². The molecule has 3 heteroatoms. The molecule has 1 N–H and O–H groups in total. The van der Waals surface area contributed by atoms with Crippen molar-refractivity contribution in [2.24, 2.45) is 0 Å². The molecule has 1 aromatic rings. The second-order valence-corrected chi connectivity index (χ2v) is 4.18. The highest BCUT2D eigenvalue weighted by molar-refractivity contribution is 5.23. The summed E-state index contributed by atoms with van der Waals surface area (Å²) in [5.41, 5.74) is 0.411. The Bertz CT molecular complexity index is 351. The standard InChI is InChI=1S/C12H14F2O/c13-9-4-5-12(14)11(7-9)8-2-1-3-10(15)6-8/h4-5,7-8,10,15H,1-3,6H2. The fourth-order valence-corrected chi connectivity index (χ4v) is 2.27. The molecule has 82 valence electrons. The molecule has 2 rings (SSSR count). The summed E-state index contributed by atoms with van der Waals surface area (Å²) in [4.78, 5) is 0. The molecule has 2 unspecified atom stereocenters. The van der Waals surface area contributed by atoms with Gasteiger partial charge in [0.25, 0.3) is 0 Å². The van der Waals surface area contributed by atoms with E-state index in [-0.39, 0.29) is 17.8 Å². The molecule has 1 fully saturated rings. The number of halogens is 2. The Labute approximate surface area is 87.7 Å². The fraction of sp³-hybridized carbons (Fsp3) is 0.500. The van der Waals surface area contributed by atoms with Gasteiger partial charge in [0.05, 0.1) is 6.10 Å².